The number of hydrogen-bond acceptors (Lipinski definition) is 5. The van der Waals surface area contributed by atoms with Gasteiger partial charge in [0.2, 0.25) is 0 Å². The second-order valence-electron chi connectivity index (χ2n) is 7.94. The van der Waals surface area contributed by atoms with E-state index in [9.17, 15) is 14.4 Å². The van der Waals surface area contributed by atoms with Crippen molar-refractivity contribution in [1.29, 1.82) is 0 Å². The zero-order valence-electron chi connectivity index (χ0n) is 17.2. The van der Waals surface area contributed by atoms with Crippen molar-refractivity contribution in [3.05, 3.63) is 69.9 Å². The van der Waals surface area contributed by atoms with Gasteiger partial charge in [-0.15, -0.1) is 0 Å². The van der Waals surface area contributed by atoms with Gasteiger partial charge >= 0.3 is 6.09 Å². The molecule has 1 unspecified atom stereocenters. The average molecular weight is 418 g/mol. The molecule has 2 aliphatic heterocycles. The predicted molar refractivity (Wildman–Crippen MR) is 115 cm³/mol. The molecule has 158 valence electrons. The number of nitrogens with zero attached hydrogens (tertiary/aromatic N) is 2. The fraction of sp³-hybridized carbons (Fsp3) is 0.292. The molecule has 2 fully saturated rings. The van der Waals surface area contributed by atoms with Crippen LogP contribution in [0.25, 0.3) is 22.3 Å². The summed E-state index contributed by atoms with van der Waals surface area (Å²) in [7, 11) is 0. The molecule has 0 bridgehead atoms. The normalized spacial score (nSPS) is 18.6. The molecule has 0 spiro atoms. The minimum absolute atomic E-state index is 0.0527. The number of amides is 2. The largest absolute Gasteiger partial charge is 0.455 e. The first-order chi connectivity index (χ1) is 15.0. The van der Waals surface area contributed by atoms with E-state index < -0.39 is 0 Å². The molecule has 2 aliphatic rings. The van der Waals surface area contributed by atoms with Gasteiger partial charge in [0.15, 0.2) is 11.0 Å². The summed E-state index contributed by atoms with van der Waals surface area (Å²) in [5.41, 5.74) is 1.81. The third-order valence-corrected chi connectivity index (χ3v) is 6.09. The van der Waals surface area contributed by atoms with Crippen molar-refractivity contribution in [3.8, 4) is 11.3 Å². The van der Waals surface area contributed by atoms with Crippen LogP contribution in [0.2, 0.25) is 0 Å². The molecule has 31 heavy (non-hydrogen) atoms. The van der Waals surface area contributed by atoms with Crippen molar-refractivity contribution in [2.45, 2.75) is 19.4 Å². The van der Waals surface area contributed by atoms with Gasteiger partial charge in [-0.1, -0.05) is 36.4 Å². The Hall–Kier alpha value is -3.61. The van der Waals surface area contributed by atoms with Crippen molar-refractivity contribution >= 4 is 23.0 Å². The molecule has 7 nitrogen and oxygen atoms in total. The van der Waals surface area contributed by atoms with E-state index in [2.05, 4.69) is 0 Å². The van der Waals surface area contributed by atoms with E-state index in [1.807, 2.05) is 30.3 Å². The molecule has 1 aromatic heterocycles. The number of carbonyl (C=O) groups excluding carboxylic acids is 2. The molecule has 2 saturated heterocycles. The van der Waals surface area contributed by atoms with Crippen molar-refractivity contribution in [1.82, 2.24) is 9.80 Å². The minimum atomic E-state index is -0.317. The minimum Gasteiger partial charge on any atom is -0.455 e. The van der Waals surface area contributed by atoms with Crippen LogP contribution in [-0.4, -0.2) is 54.1 Å². The van der Waals surface area contributed by atoms with E-state index in [1.165, 1.54) is 0 Å². The lowest BCUT2D eigenvalue weighted by Crippen LogP contribution is -2.59. The van der Waals surface area contributed by atoms with Crippen LogP contribution in [0.3, 0.4) is 0 Å². The molecule has 7 heteroatoms. The standard InChI is InChI=1S/C24H22N2O5/c1-15-20(27)18-8-5-9-19(22(18)31-21(15)16-6-3-2-4-7-16)23(28)25-11-12-26-17(14-25)10-13-30-24(26)29/h2-9,17H,10-14H2,1H3. The summed E-state index contributed by atoms with van der Waals surface area (Å²) in [5, 5.41) is 0.392. The Labute approximate surface area is 178 Å². The number of carbonyl (C=O) groups is 2. The highest BCUT2D eigenvalue weighted by molar-refractivity contribution is 6.05. The molecular formula is C24H22N2O5. The lowest BCUT2D eigenvalue weighted by atomic mass is 10.0. The summed E-state index contributed by atoms with van der Waals surface area (Å²) >= 11 is 0. The molecular weight excluding hydrogens is 396 g/mol. The van der Waals surface area contributed by atoms with Crippen LogP contribution in [0.4, 0.5) is 4.79 Å². The first kappa shape index (κ1) is 19.4. The number of para-hydroxylation sites is 1. The molecule has 0 radical (unpaired) electrons. The maximum absolute atomic E-state index is 13.4. The van der Waals surface area contributed by atoms with Gasteiger partial charge in [0.1, 0.15) is 5.76 Å². The second-order valence-corrected chi connectivity index (χ2v) is 7.94. The first-order valence-corrected chi connectivity index (χ1v) is 10.4. The predicted octanol–water partition coefficient (Wildman–Crippen LogP) is 3.44. The van der Waals surface area contributed by atoms with Gasteiger partial charge in [-0.05, 0) is 19.1 Å². The van der Waals surface area contributed by atoms with Crippen molar-refractivity contribution in [2.24, 2.45) is 0 Å². The summed E-state index contributed by atoms with van der Waals surface area (Å²) in [6, 6.07) is 14.5. The Kier molecular flexibility index (Phi) is 4.73. The quantitative estimate of drug-likeness (QED) is 0.637. The number of rotatable bonds is 2. The van der Waals surface area contributed by atoms with Crippen LogP contribution in [0, 0.1) is 6.92 Å². The molecule has 0 N–H and O–H groups in total. The third kappa shape index (κ3) is 3.26. The summed E-state index contributed by atoms with van der Waals surface area (Å²) in [4.78, 5) is 41.9. The zero-order valence-corrected chi connectivity index (χ0v) is 17.2. The van der Waals surface area contributed by atoms with Gasteiger partial charge in [0.05, 0.1) is 23.6 Å². The van der Waals surface area contributed by atoms with Crippen molar-refractivity contribution < 1.29 is 18.7 Å². The fourth-order valence-electron chi connectivity index (χ4n) is 4.41. The van der Waals surface area contributed by atoms with Crippen LogP contribution in [0.1, 0.15) is 22.3 Å². The Bertz CT molecular complexity index is 1230. The maximum atomic E-state index is 13.4. The van der Waals surface area contributed by atoms with Crippen LogP contribution in [0.5, 0.6) is 0 Å². The van der Waals surface area contributed by atoms with Gasteiger partial charge in [-0.3, -0.25) is 9.59 Å². The van der Waals surface area contributed by atoms with E-state index in [-0.39, 0.29) is 23.5 Å². The molecule has 2 amide bonds. The van der Waals surface area contributed by atoms with E-state index >= 15 is 0 Å². The maximum Gasteiger partial charge on any atom is 0.410 e. The highest BCUT2D eigenvalue weighted by atomic mass is 16.6. The molecule has 3 heterocycles. The van der Waals surface area contributed by atoms with Crippen LogP contribution in [0.15, 0.2) is 57.7 Å². The van der Waals surface area contributed by atoms with Gasteiger partial charge in [-0.25, -0.2) is 4.79 Å². The number of piperazine rings is 1. The van der Waals surface area contributed by atoms with Gasteiger partial charge in [0.25, 0.3) is 5.91 Å². The Balaban J connectivity index is 1.56. The van der Waals surface area contributed by atoms with E-state index in [1.54, 1.807) is 34.9 Å². The van der Waals surface area contributed by atoms with Gasteiger partial charge in [0, 0.05) is 37.2 Å². The smallest absolute Gasteiger partial charge is 0.410 e. The zero-order chi connectivity index (χ0) is 21.5. The van der Waals surface area contributed by atoms with Crippen LogP contribution < -0.4 is 5.43 Å². The Morgan fingerprint density at radius 3 is 2.65 bits per heavy atom. The van der Waals surface area contributed by atoms with E-state index in [0.29, 0.717) is 60.5 Å². The number of fused-ring (bicyclic) bond motifs is 2. The summed E-state index contributed by atoms with van der Waals surface area (Å²) < 4.78 is 11.3. The molecule has 3 aromatic rings. The lowest BCUT2D eigenvalue weighted by molar-refractivity contribution is 0.00705. The summed E-state index contributed by atoms with van der Waals surface area (Å²) in [6.45, 7) is 3.38. The molecule has 2 aromatic carbocycles. The van der Waals surface area contributed by atoms with Crippen LogP contribution in [-0.2, 0) is 4.74 Å². The molecule has 1 atom stereocenters. The van der Waals surface area contributed by atoms with E-state index in [4.69, 9.17) is 9.15 Å². The van der Waals surface area contributed by atoms with Gasteiger partial charge in [-0.2, -0.15) is 0 Å². The average Bonchev–Trinajstić information content (AvgIpc) is 2.81. The van der Waals surface area contributed by atoms with Crippen LogP contribution >= 0.6 is 0 Å². The fourth-order valence-corrected chi connectivity index (χ4v) is 4.41. The Morgan fingerprint density at radius 1 is 1.03 bits per heavy atom. The highest BCUT2D eigenvalue weighted by Crippen LogP contribution is 2.28. The van der Waals surface area contributed by atoms with Crippen molar-refractivity contribution in [3.63, 3.8) is 0 Å². The molecule has 0 saturated carbocycles. The van der Waals surface area contributed by atoms with Gasteiger partial charge < -0.3 is 19.0 Å². The summed E-state index contributed by atoms with van der Waals surface area (Å²) in [6.07, 6.45) is 0.375. The Morgan fingerprint density at radius 2 is 1.84 bits per heavy atom. The first-order valence-electron chi connectivity index (χ1n) is 10.4. The number of hydrogen-bond donors (Lipinski definition) is 0. The number of benzene rings is 2. The lowest BCUT2D eigenvalue weighted by Gasteiger charge is -2.43. The summed E-state index contributed by atoms with van der Waals surface area (Å²) in [5.74, 6) is 0.272. The topological polar surface area (TPSA) is 80.1 Å². The number of cyclic esters (lactones) is 1. The number of ether oxygens (including phenoxy) is 1. The molecule has 5 rings (SSSR count). The van der Waals surface area contributed by atoms with E-state index in [0.717, 1.165) is 5.56 Å². The third-order valence-electron chi connectivity index (χ3n) is 6.09. The highest BCUT2D eigenvalue weighted by Gasteiger charge is 2.36. The SMILES string of the molecule is Cc1c(-c2ccccc2)oc2c(C(=O)N3CCN4C(=O)OCCC4C3)cccc2c1=O. The van der Waals surface area contributed by atoms with Crippen molar-refractivity contribution in [2.75, 3.05) is 26.2 Å². The second kappa shape index (κ2) is 7.58. The monoisotopic (exact) mass is 418 g/mol. The molecule has 0 aliphatic carbocycles.